The van der Waals surface area contributed by atoms with Crippen molar-refractivity contribution in [2.75, 3.05) is 5.32 Å². The van der Waals surface area contributed by atoms with Crippen molar-refractivity contribution >= 4 is 34.8 Å². The van der Waals surface area contributed by atoms with Crippen LogP contribution in [0, 0.1) is 13.8 Å². The summed E-state index contributed by atoms with van der Waals surface area (Å²) >= 11 is 6.02. The van der Waals surface area contributed by atoms with Gasteiger partial charge in [-0.1, -0.05) is 47.5 Å². The van der Waals surface area contributed by atoms with Crippen LogP contribution in [-0.4, -0.2) is 17.5 Å². The maximum absolute atomic E-state index is 12.0. The fourth-order valence-electron chi connectivity index (χ4n) is 2.24. The molecule has 2 aromatic carbocycles. The SMILES string of the molecule is C/C(=N\NC(=O)CCC(=O)Nc1cccc(Cl)c1C)c1ccc(C)cc1. The number of carbonyl (C=O) groups is 2. The Labute approximate surface area is 158 Å². The molecule has 0 aliphatic heterocycles. The second-order valence-electron chi connectivity index (χ2n) is 6.06. The van der Waals surface area contributed by atoms with Crippen molar-refractivity contribution in [3.05, 3.63) is 64.2 Å². The van der Waals surface area contributed by atoms with Crippen LogP contribution in [0.25, 0.3) is 0 Å². The highest BCUT2D eigenvalue weighted by Crippen LogP contribution is 2.23. The lowest BCUT2D eigenvalue weighted by Gasteiger charge is -2.09. The van der Waals surface area contributed by atoms with Gasteiger partial charge in [0.05, 0.1) is 5.71 Å². The number of nitrogens with zero attached hydrogens (tertiary/aromatic N) is 1. The first kappa shape index (κ1) is 19.7. The lowest BCUT2D eigenvalue weighted by atomic mass is 10.1. The first-order chi connectivity index (χ1) is 12.4. The summed E-state index contributed by atoms with van der Waals surface area (Å²) in [5.41, 5.74) is 6.73. The average Bonchev–Trinajstić information content (AvgIpc) is 2.62. The lowest BCUT2D eigenvalue weighted by Crippen LogP contribution is -2.22. The Hall–Kier alpha value is -2.66. The first-order valence-corrected chi connectivity index (χ1v) is 8.69. The number of carbonyl (C=O) groups excluding carboxylic acids is 2. The van der Waals surface area contributed by atoms with Crippen molar-refractivity contribution in [3.63, 3.8) is 0 Å². The van der Waals surface area contributed by atoms with Crippen molar-refractivity contribution in [2.24, 2.45) is 5.10 Å². The largest absolute Gasteiger partial charge is 0.326 e. The summed E-state index contributed by atoms with van der Waals surface area (Å²) in [6.45, 7) is 5.65. The predicted molar refractivity (Wildman–Crippen MR) is 106 cm³/mol. The second-order valence-corrected chi connectivity index (χ2v) is 6.47. The molecule has 0 spiro atoms. The van der Waals surface area contributed by atoms with Crippen LogP contribution in [0.4, 0.5) is 5.69 Å². The van der Waals surface area contributed by atoms with Crippen molar-refractivity contribution in [2.45, 2.75) is 33.6 Å². The third kappa shape index (κ3) is 5.70. The summed E-state index contributed by atoms with van der Waals surface area (Å²) in [6.07, 6.45) is 0.118. The molecule has 6 heteroatoms. The Morgan fingerprint density at radius 3 is 2.35 bits per heavy atom. The van der Waals surface area contributed by atoms with E-state index in [0.717, 1.165) is 16.7 Å². The van der Waals surface area contributed by atoms with Crippen LogP contribution in [0.1, 0.15) is 36.5 Å². The smallest absolute Gasteiger partial charge is 0.240 e. The van der Waals surface area contributed by atoms with E-state index in [1.54, 1.807) is 18.2 Å². The van der Waals surface area contributed by atoms with Crippen LogP contribution in [-0.2, 0) is 9.59 Å². The Bertz CT molecular complexity index is 829. The summed E-state index contributed by atoms with van der Waals surface area (Å²) in [6, 6.07) is 13.2. The summed E-state index contributed by atoms with van der Waals surface area (Å²) in [4.78, 5) is 23.9. The number of rotatable bonds is 6. The fraction of sp³-hybridized carbons (Fsp3) is 0.250. The quantitative estimate of drug-likeness (QED) is 0.589. The Morgan fingerprint density at radius 1 is 1.00 bits per heavy atom. The van der Waals surface area contributed by atoms with Crippen LogP contribution < -0.4 is 10.7 Å². The van der Waals surface area contributed by atoms with E-state index in [0.29, 0.717) is 16.4 Å². The molecule has 5 nitrogen and oxygen atoms in total. The molecular weight excluding hydrogens is 350 g/mol. The summed E-state index contributed by atoms with van der Waals surface area (Å²) < 4.78 is 0. The number of anilines is 1. The lowest BCUT2D eigenvalue weighted by molar-refractivity contribution is -0.124. The number of hydrogen-bond donors (Lipinski definition) is 2. The van der Waals surface area contributed by atoms with Gasteiger partial charge >= 0.3 is 0 Å². The average molecular weight is 372 g/mol. The van der Waals surface area contributed by atoms with Gasteiger partial charge in [0.25, 0.3) is 0 Å². The number of hydrogen-bond acceptors (Lipinski definition) is 3. The number of benzene rings is 2. The molecular formula is C20H22ClN3O2. The van der Waals surface area contributed by atoms with E-state index in [1.165, 1.54) is 0 Å². The van der Waals surface area contributed by atoms with Crippen LogP contribution in [0.15, 0.2) is 47.6 Å². The van der Waals surface area contributed by atoms with Gasteiger partial charge in [0.1, 0.15) is 0 Å². The molecule has 0 radical (unpaired) electrons. The highest BCUT2D eigenvalue weighted by Gasteiger charge is 2.09. The predicted octanol–water partition coefficient (Wildman–Crippen LogP) is 4.22. The fourth-order valence-corrected chi connectivity index (χ4v) is 2.42. The number of halogens is 1. The summed E-state index contributed by atoms with van der Waals surface area (Å²) in [5.74, 6) is -0.556. The molecule has 2 N–H and O–H groups in total. The Kier molecular flexibility index (Phi) is 6.92. The molecule has 0 aliphatic carbocycles. The zero-order chi connectivity index (χ0) is 19.1. The van der Waals surface area contributed by atoms with Gasteiger partial charge in [-0.05, 0) is 44.0 Å². The normalized spacial score (nSPS) is 11.2. The van der Waals surface area contributed by atoms with Gasteiger partial charge in [-0.15, -0.1) is 0 Å². The second kappa shape index (κ2) is 9.15. The molecule has 0 saturated carbocycles. The van der Waals surface area contributed by atoms with Crippen LogP contribution in [0.2, 0.25) is 5.02 Å². The molecule has 0 bridgehead atoms. The maximum Gasteiger partial charge on any atom is 0.240 e. The number of nitrogens with one attached hydrogen (secondary N) is 2. The molecule has 0 aromatic heterocycles. The summed E-state index contributed by atoms with van der Waals surface area (Å²) in [5, 5.41) is 7.43. The molecule has 2 aromatic rings. The molecule has 2 amide bonds. The minimum atomic E-state index is -0.311. The van der Waals surface area contributed by atoms with Gasteiger partial charge in [-0.3, -0.25) is 9.59 Å². The topological polar surface area (TPSA) is 70.6 Å². The van der Waals surface area contributed by atoms with E-state index in [2.05, 4.69) is 15.8 Å². The highest BCUT2D eigenvalue weighted by molar-refractivity contribution is 6.31. The van der Waals surface area contributed by atoms with Crippen molar-refractivity contribution in [3.8, 4) is 0 Å². The number of hydrazone groups is 1. The van der Waals surface area contributed by atoms with Gasteiger partial charge < -0.3 is 5.32 Å². The zero-order valence-electron chi connectivity index (χ0n) is 15.1. The van der Waals surface area contributed by atoms with E-state index in [4.69, 9.17) is 11.6 Å². The third-order valence-corrected chi connectivity index (χ3v) is 4.35. The van der Waals surface area contributed by atoms with Gasteiger partial charge in [0.15, 0.2) is 0 Å². The Morgan fingerprint density at radius 2 is 1.65 bits per heavy atom. The zero-order valence-corrected chi connectivity index (χ0v) is 15.9. The van der Waals surface area contributed by atoms with Gasteiger partial charge in [0, 0.05) is 23.6 Å². The van der Waals surface area contributed by atoms with E-state index in [-0.39, 0.29) is 24.7 Å². The van der Waals surface area contributed by atoms with Gasteiger partial charge in [-0.2, -0.15) is 5.10 Å². The van der Waals surface area contributed by atoms with Crippen LogP contribution >= 0.6 is 11.6 Å². The molecule has 26 heavy (non-hydrogen) atoms. The van der Waals surface area contributed by atoms with Gasteiger partial charge in [-0.25, -0.2) is 5.43 Å². The maximum atomic E-state index is 12.0. The highest BCUT2D eigenvalue weighted by atomic mass is 35.5. The molecule has 0 fully saturated rings. The molecule has 2 rings (SSSR count). The Balaban J connectivity index is 1.82. The van der Waals surface area contributed by atoms with Crippen LogP contribution in [0.3, 0.4) is 0 Å². The van der Waals surface area contributed by atoms with Crippen molar-refractivity contribution < 1.29 is 9.59 Å². The summed E-state index contributed by atoms with van der Waals surface area (Å²) in [7, 11) is 0. The monoisotopic (exact) mass is 371 g/mol. The van der Waals surface area contributed by atoms with Crippen molar-refractivity contribution in [1.82, 2.24) is 5.43 Å². The van der Waals surface area contributed by atoms with E-state index >= 15 is 0 Å². The molecule has 0 unspecified atom stereocenters. The van der Waals surface area contributed by atoms with Crippen molar-refractivity contribution in [1.29, 1.82) is 0 Å². The molecule has 0 heterocycles. The first-order valence-electron chi connectivity index (χ1n) is 8.32. The number of amides is 2. The minimum Gasteiger partial charge on any atom is -0.326 e. The minimum absolute atomic E-state index is 0.0517. The van der Waals surface area contributed by atoms with E-state index in [9.17, 15) is 9.59 Å². The molecule has 0 saturated heterocycles. The van der Waals surface area contributed by atoms with E-state index < -0.39 is 0 Å². The molecule has 136 valence electrons. The molecule has 0 aliphatic rings. The third-order valence-electron chi connectivity index (χ3n) is 3.94. The van der Waals surface area contributed by atoms with Gasteiger partial charge in [0.2, 0.25) is 11.8 Å². The van der Waals surface area contributed by atoms with Crippen LogP contribution in [0.5, 0.6) is 0 Å². The molecule has 0 atom stereocenters. The number of aryl methyl sites for hydroxylation is 1. The standard InChI is InChI=1S/C20H22ClN3O2/c1-13-7-9-16(10-8-13)15(3)23-24-20(26)12-11-19(25)22-18-6-4-5-17(21)14(18)2/h4-10H,11-12H2,1-3H3,(H,22,25)(H,24,26)/b23-15+. The van der Waals surface area contributed by atoms with E-state index in [1.807, 2.05) is 45.0 Å².